The van der Waals surface area contributed by atoms with Crippen molar-refractivity contribution in [2.24, 2.45) is 0 Å². The van der Waals surface area contributed by atoms with Crippen LogP contribution in [0.15, 0.2) is 182 Å². The maximum atomic E-state index is 9.73. The number of fused-ring (bicyclic) bond motifs is 10. The van der Waals surface area contributed by atoms with E-state index in [-0.39, 0.29) is 17.6 Å². The largest absolute Gasteiger partial charge is 0.457 e. The molecule has 0 bridgehead atoms. The average Bonchev–Trinajstić information content (AvgIpc) is 1.69. The molecule has 1 aliphatic rings. The van der Waals surface area contributed by atoms with Crippen LogP contribution in [-0.4, -0.2) is 14.1 Å². The lowest BCUT2D eigenvalue weighted by Gasteiger charge is -2.27. The minimum Gasteiger partial charge on any atom is -0.457 e. The van der Waals surface area contributed by atoms with Gasteiger partial charge in [0.2, 0.25) is 0 Å². The van der Waals surface area contributed by atoms with Crippen molar-refractivity contribution in [3.63, 3.8) is 0 Å². The molecule has 11 aromatic rings. The predicted molar refractivity (Wildman–Crippen MR) is 315 cm³/mol. The molecule has 0 N–H and O–H groups in total. The highest BCUT2D eigenvalue weighted by Crippen LogP contribution is 2.47. The Morgan fingerprint density at radius 3 is 1.92 bits per heavy atom. The molecule has 4 heterocycles. The van der Waals surface area contributed by atoms with Crippen molar-refractivity contribution >= 4 is 76.5 Å². The lowest BCUT2D eigenvalue weighted by atomic mass is 9.78. The van der Waals surface area contributed by atoms with Gasteiger partial charge in [0.05, 0.1) is 27.8 Å². The van der Waals surface area contributed by atoms with Crippen LogP contribution in [0, 0.1) is 0 Å². The summed E-state index contributed by atoms with van der Waals surface area (Å²) in [5.74, 6) is 0.957. The van der Waals surface area contributed by atoms with Gasteiger partial charge in [0.25, 0.3) is 0 Å². The fourth-order valence-electron chi connectivity index (χ4n) is 11.2. The average molecular weight is 977 g/mol. The van der Waals surface area contributed by atoms with Gasteiger partial charge in [-0.15, -0.1) is 0 Å². The number of pyridine rings is 1. The Kier molecular flexibility index (Phi) is 8.67. The van der Waals surface area contributed by atoms with E-state index in [4.69, 9.17) is 22.1 Å². The molecule has 0 spiro atoms. The molecule has 0 unspecified atom stereocenters. The van der Waals surface area contributed by atoms with E-state index in [2.05, 4.69) is 126 Å². The van der Waals surface area contributed by atoms with Crippen molar-refractivity contribution < 1.29 is 18.4 Å². The van der Waals surface area contributed by atoms with Gasteiger partial charge in [-0.2, -0.15) is 0 Å². The normalized spacial score (nSPS) is 15.8. The second-order valence-corrected chi connectivity index (χ2v) is 22.2. The number of aromatic nitrogens is 3. The number of benzene rings is 8. The molecule has 0 radical (unpaired) electrons. The first-order valence-corrected chi connectivity index (χ1v) is 25.5. The molecule has 5 heteroatoms. The molecular formula is C69H66N4O. The number of para-hydroxylation sites is 3. The van der Waals surface area contributed by atoms with Crippen LogP contribution in [0.4, 0.5) is 11.4 Å². The first-order chi connectivity index (χ1) is 39.5. The van der Waals surface area contributed by atoms with Crippen molar-refractivity contribution in [2.75, 3.05) is 4.90 Å². The maximum absolute atomic E-state index is 9.73. The number of ether oxygens (including phenoxy) is 1. The van der Waals surface area contributed by atoms with Crippen LogP contribution < -0.4 is 9.64 Å². The Morgan fingerprint density at radius 2 is 1.16 bits per heavy atom. The predicted octanol–water partition coefficient (Wildman–Crippen LogP) is 19.3. The van der Waals surface area contributed by atoms with Gasteiger partial charge in [-0.1, -0.05) is 191 Å². The maximum Gasteiger partial charge on any atom is 0.137 e. The van der Waals surface area contributed by atoms with E-state index in [1.165, 1.54) is 17.7 Å². The van der Waals surface area contributed by atoms with Crippen LogP contribution in [0.3, 0.4) is 0 Å². The summed E-state index contributed by atoms with van der Waals surface area (Å²) in [4.78, 5) is 7.14. The van der Waals surface area contributed by atoms with E-state index in [9.17, 15) is 1.37 Å². The standard InChI is InChI=1S/C69H66N4O/c1-43(2)51-25-17-27-57-53-22-12-13-23-54(53)58-28-19-31-61-66(58)72(65-52(26-18-29-59(65)64(51)57)44-36-46(68(6,7)8)38-47(37-44)69(9,10)11)42-71(61)48-20-16-21-49(40-48)74-50-32-33-56-55-24-14-15-30-60(55)73(62(56)41-50)63-39-45(34-35-70-63)67(3,4)5/h12-41,43H,42H2,1-11H3/i6D3,7D3,8D3,43D. The molecule has 0 amide bonds. The Morgan fingerprint density at radius 1 is 0.527 bits per heavy atom. The van der Waals surface area contributed by atoms with Gasteiger partial charge in [-0.3, -0.25) is 4.57 Å². The van der Waals surface area contributed by atoms with E-state index < -0.39 is 37.3 Å². The lowest BCUT2D eigenvalue weighted by molar-refractivity contribution is 0.483. The molecule has 1 aliphatic heterocycles. The summed E-state index contributed by atoms with van der Waals surface area (Å²) >= 11 is 0. The highest BCUT2D eigenvalue weighted by molar-refractivity contribution is 6.23. The minimum absolute atomic E-state index is 0.0885. The second kappa shape index (κ2) is 17.4. The smallest absolute Gasteiger partial charge is 0.137 e. The molecule has 5 nitrogen and oxygen atoms in total. The zero-order chi connectivity index (χ0) is 59.8. The van der Waals surface area contributed by atoms with Crippen molar-refractivity contribution in [3.05, 3.63) is 204 Å². The van der Waals surface area contributed by atoms with E-state index in [1.54, 1.807) is 0 Å². The SMILES string of the molecule is [2H]C(C)(C)c1cccc2c3ccccc3c3cccc4c3n(c3c(-c5cc(C(C)(C)C)cc(C(C([2H])([2H])[2H])(C([2H])([2H])[2H])C([2H])([2H])[2H])c5)cccc3c12)CN4c1cccc(Oc2ccc3c4ccccc4n(-c4cc(C(C)(C)C)ccn4)c3c2)c1. The van der Waals surface area contributed by atoms with Gasteiger partial charge in [-0.25, -0.2) is 4.98 Å². The molecule has 74 heavy (non-hydrogen) atoms. The summed E-state index contributed by atoms with van der Waals surface area (Å²) in [6, 6.07) is 58.3. The molecule has 0 aliphatic carbocycles. The highest BCUT2D eigenvalue weighted by Gasteiger charge is 2.28. The Bertz CT molecular complexity index is 4510. The number of nitrogens with zero attached hydrogens (tertiary/aromatic N) is 4. The molecule has 12 rings (SSSR count). The number of hydrogen-bond acceptors (Lipinski definition) is 3. The van der Waals surface area contributed by atoms with Crippen molar-refractivity contribution in [3.8, 4) is 28.4 Å². The van der Waals surface area contributed by atoms with Crippen molar-refractivity contribution in [1.82, 2.24) is 14.1 Å². The van der Waals surface area contributed by atoms with E-state index >= 15 is 0 Å². The molecule has 8 aromatic carbocycles. The summed E-state index contributed by atoms with van der Waals surface area (Å²) in [5.41, 5.74) is 4.47. The van der Waals surface area contributed by atoms with Gasteiger partial charge >= 0.3 is 0 Å². The summed E-state index contributed by atoms with van der Waals surface area (Å²) in [7, 11) is 0. The third-order valence-electron chi connectivity index (χ3n) is 14.9. The Labute approximate surface area is 450 Å². The van der Waals surface area contributed by atoms with Gasteiger partial charge in [-0.05, 0) is 120 Å². The molecule has 3 aromatic heterocycles. The van der Waals surface area contributed by atoms with Gasteiger partial charge in [0.15, 0.2) is 0 Å². The summed E-state index contributed by atoms with van der Waals surface area (Å²) < 4.78 is 101. The van der Waals surface area contributed by atoms with Crippen molar-refractivity contribution in [2.45, 2.75) is 105 Å². The van der Waals surface area contributed by atoms with E-state index in [0.717, 1.165) is 82.4 Å². The monoisotopic (exact) mass is 977 g/mol. The number of rotatable bonds is 6. The molecule has 368 valence electrons. The number of anilines is 2. The molecule has 0 fully saturated rings. The van der Waals surface area contributed by atoms with Crippen LogP contribution >= 0.6 is 0 Å². The first-order valence-electron chi connectivity index (χ1n) is 30.5. The van der Waals surface area contributed by atoms with Gasteiger partial charge < -0.3 is 14.2 Å². The van der Waals surface area contributed by atoms with Gasteiger partial charge in [0.1, 0.15) is 24.0 Å². The summed E-state index contributed by atoms with van der Waals surface area (Å²) in [6.45, 7) is 5.94. The Balaban J connectivity index is 1.12. The molecule has 0 atom stereocenters. The zero-order valence-corrected chi connectivity index (χ0v) is 43.2. The third kappa shape index (κ3) is 7.96. The van der Waals surface area contributed by atoms with Gasteiger partial charge in [0, 0.05) is 64.8 Å². The summed E-state index contributed by atoms with van der Waals surface area (Å²) in [5, 5.41) is 7.55. The van der Waals surface area contributed by atoms with Crippen molar-refractivity contribution in [1.29, 1.82) is 0 Å². The topological polar surface area (TPSA) is 35.2 Å². The molecule has 0 saturated heterocycles. The molecule has 0 saturated carbocycles. The van der Waals surface area contributed by atoms with Crippen LogP contribution in [0.5, 0.6) is 11.5 Å². The lowest BCUT2D eigenvalue weighted by Crippen LogP contribution is -2.17. The highest BCUT2D eigenvalue weighted by atomic mass is 16.5. The van der Waals surface area contributed by atoms with Crippen LogP contribution in [0.1, 0.15) is 118 Å². The van der Waals surface area contributed by atoms with E-state index in [1.807, 2.05) is 114 Å². The Hall–Kier alpha value is -7.89. The number of hydrogen-bond donors (Lipinski definition) is 0. The zero-order valence-electron chi connectivity index (χ0n) is 53.2. The molecular weight excluding hydrogens is 901 g/mol. The first kappa shape index (κ1) is 36.9. The minimum atomic E-state index is -3.50. The summed E-state index contributed by atoms with van der Waals surface area (Å²) in [6.07, 6.45) is 1.87. The van der Waals surface area contributed by atoms with Crippen LogP contribution in [-0.2, 0) is 22.9 Å². The fraction of sp³-hybridized carbons (Fsp3) is 0.232. The van der Waals surface area contributed by atoms with Crippen LogP contribution in [0.2, 0.25) is 0 Å². The quantitative estimate of drug-likeness (QED) is 0.167. The fourth-order valence-corrected chi connectivity index (χ4v) is 11.2. The van der Waals surface area contributed by atoms with Crippen LogP contribution in [0.25, 0.3) is 82.1 Å². The third-order valence-corrected chi connectivity index (χ3v) is 14.9. The van der Waals surface area contributed by atoms with E-state index in [0.29, 0.717) is 33.7 Å². The second-order valence-electron chi connectivity index (χ2n) is 22.2.